The van der Waals surface area contributed by atoms with Gasteiger partial charge >= 0.3 is 0 Å². The number of hydrogen-bond donors (Lipinski definition) is 3. The maximum Gasteiger partial charge on any atom is 0.200 e. The quantitative estimate of drug-likeness (QED) is 0.598. The van der Waals surface area contributed by atoms with E-state index in [2.05, 4.69) is 0 Å². The topological polar surface area (TPSA) is 107 Å². The molecule has 1 fully saturated rings. The van der Waals surface area contributed by atoms with Crippen molar-refractivity contribution in [3.8, 4) is 34.5 Å². The molecule has 1 aliphatic rings. The van der Waals surface area contributed by atoms with Gasteiger partial charge < -0.3 is 39.0 Å². The minimum atomic E-state index is -0.385. The summed E-state index contributed by atoms with van der Waals surface area (Å²) in [5, 5.41) is 30.4. The van der Waals surface area contributed by atoms with E-state index in [9.17, 15) is 15.3 Å². The molecule has 3 rings (SSSR count). The standard InChI is InChI=1S/C22H28O8/c1-26-16-6-12(7-17(27-2)20(16)24)5-14-11-30-22(15(14)10-23)13-8-18(28-3)21(25)19(9-13)29-4/h6-9,14-15,22-25H,5,10-11H2,1-4H3/t14-,15-,22-/m0/s1. The molecule has 1 heterocycles. The highest BCUT2D eigenvalue weighted by molar-refractivity contribution is 5.54. The Morgan fingerprint density at radius 2 is 1.30 bits per heavy atom. The van der Waals surface area contributed by atoms with E-state index >= 15 is 0 Å². The number of phenols is 2. The first-order chi connectivity index (χ1) is 14.5. The van der Waals surface area contributed by atoms with E-state index in [4.69, 9.17) is 23.7 Å². The maximum absolute atomic E-state index is 10.2. The normalized spacial score (nSPS) is 20.8. The van der Waals surface area contributed by atoms with Gasteiger partial charge in [-0.1, -0.05) is 0 Å². The Morgan fingerprint density at radius 3 is 1.73 bits per heavy atom. The van der Waals surface area contributed by atoms with E-state index in [0.29, 0.717) is 24.5 Å². The van der Waals surface area contributed by atoms with Crippen molar-refractivity contribution in [2.75, 3.05) is 41.7 Å². The van der Waals surface area contributed by atoms with Crippen molar-refractivity contribution in [2.24, 2.45) is 11.8 Å². The molecule has 0 aliphatic carbocycles. The van der Waals surface area contributed by atoms with E-state index in [-0.39, 0.29) is 47.5 Å². The van der Waals surface area contributed by atoms with Crippen LogP contribution >= 0.6 is 0 Å². The van der Waals surface area contributed by atoms with Crippen molar-refractivity contribution in [1.29, 1.82) is 0 Å². The van der Waals surface area contributed by atoms with Crippen molar-refractivity contribution in [2.45, 2.75) is 12.5 Å². The molecule has 2 aromatic carbocycles. The van der Waals surface area contributed by atoms with E-state index in [1.807, 2.05) is 0 Å². The molecule has 0 radical (unpaired) electrons. The lowest BCUT2D eigenvalue weighted by atomic mass is 9.84. The third-order valence-corrected chi connectivity index (χ3v) is 5.56. The Kier molecular flexibility index (Phi) is 6.79. The van der Waals surface area contributed by atoms with Crippen LogP contribution in [0.1, 0.15) is 17.2 Å². The van der Waals surface area contributed by atoms with Gasteiger partial charge in [0.25, 0.3) is 0 Å². The van der Waals surface area contributed by atoms with Gasteiger partial charge in [-0.3, -0.25) is 0 Å². The highest BCUT2D eigenvalue weighted by Crippen LogP contribution is 2.46. The van der Waals surface area contributed by atoms with Crippen LogP contribution in [0.25, 0.3) is 0 Å². The van der Waals surface area contributed by atoms with E-state index in [0.717, 1.165) is 11.1 Å². The molecule has 3 atom stereocenters. The fourth-order valence-corrected chi connectivity index (χ4v) is 3.97. The molecule has 0 aromatic heterocycles. The van der Waals surface area contributed by atoms with Crippen molar-refractivity contribution in [3.63, 3.8) is 0 Å². The van der Waals surface area contributed by atoms with Crippen molar-refractivity contribution < 1.29 is 39.0 Å². The van der Waals surface area contributed by atoms with Crippen LogP contribution in [0.2, 0.25) is 0 Å². The van der Waals surface area contributed by atoms with Gasteiger partial charge in [0.1, 0.15) is 0 Å². The fraction of sp³-hybridized carbons (Fsp3) is 0.455. The monoisotopic (exact) mass is 420 g/mol. The molecule has 0 saturated carbocycles. The van der Waals surface area contributed by atoms with Crippen LogP contribution in [-0.2, 0) is 11.2 Å². The molecule has 0 spiro atoms. The summed E-state index contributed by atoms with van der Waals surface area (Å²) in [5.41, 5.74) is 1.65. The zero-order valence-corrected chi connectivity index (χ0v) is 17.5. The number of hydrogen-bond acceptors (Lipinski definition) is 8. The predicted octanol–water partition coefficient (Wildman–Crippen LogP) is 2.67. The van der Waals surface area contributed by atoms with E-state index < -0.39 is 0 Å². The summed E-state index contributed by atoms with van der Waals surface area (Å²) in [7, 11) is 5.89. The maximum atomic E-state index is 10.2. The van der Waals surface area contributed by atoms with Gasteiger partial charge in [0.15, 0.2) is 23.0 Å². The fourth-order valence-electron chi connectivity index (χ4n) is 3.97. The molecule has 2 aromatic rings. The molecular weight excluding hydrogens is 392 g/mol. The summed E-state index contributed by atoms with van der Waals surface area (Å²) >= 11 is 0. The summed E-state index contributed by atoms with van der Waals surface area (Å²) in [6, 6.07) is 6.90. The van der Waals surface area contributed by atoms with Crippen molar-refractivity contribution in [1.82, 2.24) is 0 Å². The molecule has 30 heavy (non-hydrogen) atoms. The molecular formula is C22H28O8. The third-order valence-electron chi connectivity index (χ3n) is 5.56. The number of rotatable bonds is 8. The minimum Gasteiger partial charge on any atom is -0.502 e. The predicted molar refractivity (Wildman–Crippen MR) is 109 cm³/mol. The SMILES string of the molecule is COc1cc(C[C@H]2CO[C@@H](c3cc(OC)c(O)c(OC)c3)[C@H]2CO)cc(OC)c1O. The minimum absolute atomic E-state index is 0.0183. The number of methoxy groups -OCH3 is 4. The molecule has 0 bridgehead atoms. The lowest BCUT2D eigenvalue weighted by Gasteiger charge is -2.23. The second kappa shape index (κ2) is 9.32. The van der Waals surface area contributed by atoms with Crippen LogP contribution in [-0.4, -0.2) is 57.0 Å². The van der Waals surface area contributed by atoms with Crippen molar-refractivity contribution >= 4 is 0 Å². The molecule has 0 amide bonds. The smallest absolute Gasteiger partial charge is 0.200 e. The summed E-state index contributed by atoms with van der Waals surface area (Å²) in [4.78, 5) is 0. The Balaban J connectivity index is 1.88. The number of benzene rings is 2. The average Bonchev–Trinajstić information content (AvgIpc) is 3.17. The van der Waals surface area contributed by atoms with Crippen LogP contribution < -0.4 is 18.9 Å². The number of ether oxygens (including phenoxy) is 5. The lowest BCUT2D eigenvalue weighted by Crippen LogP contribution is -2.21. The Bertz CT molecular complexity index is 831. The Morgan fingerprint density at radius 1 is 0.833 bits per heavy atom. The lowest BCUT2D eigenvalue weighted by molar-refractivity contribution is 0.0715. The molecule has 1 saturated heterocycles. The van der Waals surface area contributed by atoms with Gasteiger partial charge in [0.05, 0.1) is 41.2 Å². The molecule has 8 heteroatoms. The van der Waals surface area contributed by atoms with Gasteiger partial charge in [-0.2, -0.15) is 0 Å². The second-order valence-electron chi connectivity index (χ2n) is 7.19. The Hall–Kier alpha value is -2.84. The van der Waals surface area contributed by atoms with Crippen molar-refractivity contribution in [3.05, 3.63) is 35.4 Å². The van der Waals surface area contributed by atoms with Crippen LogP contribution in [0.15, 0.2) is 24.3 Å². The summed E-state index contributed by atoms with van der Waals surface area (Å²) in [5.74, 6) is 0.914. The first-order valence-electron chi connectivity index (χ1n) is 9.58. The van der Waals surface area contributed by atoms with Crippen LogP contribution in [0.5, 0.6) is 34.5 Å². The Labute approximate surface area is 175 Å². The van der Waals surface area contributed by atoms with Crippen LogP contribution in [0.3, 0.4) is 0 Å². The number of aliphatic hydroxyl groups is 1. The highest BCUT2D eigenvalue weighted by Gasteiger charge is 2.38. The first-order valence-corrected chi connectivity index (χ1v) is 9.58. The molecule has 164 valence electrons. The van der Waals surface area contributed by atoms with Crippen LogP contribution in [0, 0.1) is 11.8 Å². The van der Waals surface area contributed by atoms with Gasteiger partial charge in [0, 0.05) is 12.5 Å². The largest absolute Gasteiger partial charge is 0.502 e. The molecule has 3 N–H and O–H groups in total. The second-order valence-corrected chi connectivity index (χ2v) is 7.19. The number of aliphatic hydroxyl groups excluding tert-OH is 1. The van der Waals surface area contributed by atoms with Gasteiger partial charge in [-0.25, -0.2) is 0 Å². The molecule has 8 nitrogen and oxygen atoms in total. The molecule has 0 unspecified atom stereocenters. The van der Waals surface area contributed by atoms with Crippen LogP contribution in [0.4, 0.5) is 0 Å². The molecule has 1 aliphatic heterocycles. The average molecular weight is 420 g/mol. The third kappa shape index (κ3) is 4.06. The summed E-state index contributed by atoms with van der Waals surface area (Å²) in [6.45, 7) is 0.361. The zero-order valence-electron chi connectivity index (χ0n) is 17.5. The van der Waals surface area contributed by atoms with Gasteiger partial charge in [0.2, 0.25) is 11.5 Å². The van der Waals surface area contributed by atoms with E-state index in [1.54, 1.807) is 24.3 Å². The van der Waals surface area contributed by atoms with E-state index in [1.165, 1.54) is 28.4 Å². The highest BCUT2D eigenvalue weighted by atomic mass is 16.5. The van der Waals surface area contributed by atoms with Gasteiger partial charge in [-0.05, 0) is 47.7 Å². The summed E-state index contributed by atoms with van der Waals surface area (Å²) < 4.78 is 27.0. The number of phenolic OH excluding ortho intramolecular Hbond substituents is 2. The summed E-state index contributed by atoms with van der Waals surface area (Å²) in [6.07, 6.45) is 0.213. The number of aromatic hydroxyl groups is 2. The van der Waals surface area contributed by atoms with Gasteiger partial charge in [-0.15, -0.1) is 0 Å². The first kappa shape index (κ1) is 21.9. The zero-order chi connectivity index (χ0) is 21.8.